The van der Waals surface area contributed by atoms with Gasteiger partial charge in [0, 0.05) is 13.1 Å². The number of carbonyl (C=O) groups is 2. The highest BCUT2D eigenvalue weighted by Crippen LogP contribution is 2.18. The van der Waals surface area contributed by atoms with E-state index in [0.29, 0.717) is 6.42 Å². The van der Waals surface area contributed by atoms with Gasteiger partial charge >= 0.3 is 0 Å². The van der Waals surface area contributed by atoms with Gasteiger partial charge in [0.15, 0.2) is 0 Å². The summed E-state index contributed by atoms with van der Waals surface area (Å²) < 4.78 is 0. The van der Waals surface area contributed by atoms with Gasteiger partial charge in [-0.2, -0.15) is 5.26 Å². The second-order valence-corrected chi connectivity index (χ2v) is 5.41. The van der Waals surface area contributed by atoms with E-state index in [1.807, 2.05) is 36.4 Å². The summed E-state index contributed by atoms with van der Waals surface area (Å²) in [5.74, 6) is -1.23. The van der Waals surface area contributed by atoms with Crippen LogP contribution in [-0.2, 0) is 16.0 Å². The largest absolute Gasteiger partial charge is 0.352 e. The van der Waals surface area contributed by atoms with Gasteiger partial charge in [-0.25, -0.2) is 0 Å². The zero-order valence-corrected chi connectivity index (χ0v) is 12.1. The highest BCUT2D eigenvalue weighted by Gasteiger charge is 2.26. The number of carbonyl (C=O) groups excluding carboxylic acids is 2. The van der Waals surface area contributed by atoms with Crippen molar-refractivity contribution in [3.63, 3.8) is 0 Å². The maximum atomic E-state index is 12.2. The number of nitrogens with zero attached hydrogens (tertiary/aromatic N) is 2. The highest BCUT2D eigenvalue weighted by atomic mass is 16.2. The molecular weight excluding hydrogens is 266 g/mol. The molecule has 2 amide bonds. The van der Waals surface area contributed by atoms with Crippen LogP contribution in [0.4, 0.5) is 0 Å². The topological polar surface area (TPSA) is 73.2 Å². The number of hydrogen-bond donors (Lipinski definition) is 1. The van der Waals surface area contributed by atoms with Crippen LogP contribution in [0.3, 0.4) is 0 Å². The molecule has 2 rings (SSSR count). The van der Waals surface area contributed by atoms with Gasteiger partial charge < -0.3 is 10.2 Å². The van der Waals surface area contributed by atoms with Crippen LogP contribution in [0.25, 0.3) is 0 Å². The van der Waals surface area contributed by atoms with E-state index in [0.717, 1.165) is 18.4 Å². The maximum absolute atomic E-state index is 12.2. The molecule has 110 valence electrons. The first-order chi connectivity index (χ1) is 10.1. The lowest BCUT2D eigenvalue weighted by molar-refractivity contribution is -0.136. The predicted molar refractivity (Wildman–Crippen MR) is 78.1 cm³/mol. The summed E-state index contributed by atoms with van der Waals surface area (Å²) in [6.07, 6.45) is 2.39. The summed E-state index contributed by atoms with van der Waals surface area (Å²) in [6, 6.07) is 11.7. The van der Waals surface area contributed by atoms with Gasteiger partial charge in [0.05, 0.1) is 12.6 Å². The van der Waals surface area contributed by atoms with Crippen LogP contribution >= 0.6 is 0 Å². The summed E-state index contributed by atoms with van der Waals surface area (Å²) in [7, 11) is 1.56. The van der Waals surface area contributed by atoms with Gasteiger partial charge in [-0.1, -0.05) is 30.3 Å². The van der Waals surface area contributed by atoms with Crippen LogP contribution < -0.4 is 5.32 Å². The summed E-state index contributed by atoms with van der Waals surface area (Å²) in [5, 5.41) is 12.0. The molecule has 1 saturated carbocycles. The van der Waals surface area contributed by atoms with Gasteiger partial charge in [0.1, 0.15) is 5.92 Å². The third-order valence-electron chi connectivity index (χ3n) is 3.44. The summed E-state index contributed by atoms with van der Waals surface area (Å²) in [6.45, 7) is 0.00228. The SMILES string of the molecule is CN(CC(=O)NC1CC1)C(=O)C(C#N)Cc1ccccc1. The fourth-order valence-corrected chi connectivity index (χ4v) is 2.10. The fourth-order valence-electron chi connectivity index (χ4n) is 2.10. The Morgan fingerprint density at radius 2 is 2.05 bits per heavy atom. The third-order valence-corrected chi connectivity index (χ3v) is 3.44. The first-order valence-electron chi connectivity index (χ1n) is 7.08. The van der Waals surface area contributed by atoms with Crippen molar-refractivity contribution in [1.82, 2.24) is 10.2 Å². The molecule has 1 aromatic carbocycles. The Bertz CT molecular complexity index is 546. The van der Waals surface area contributed by atoms with Crippen LogP contribution in [0.2, 0.25) is 0 Å². The molecule has 0 aliphatic heterocycles. The quantitative estimate of drug-likeness (QED) is 0.850. The Labute approximate surface area is 124 Å². The molecule has 0 spiro atoms. The van der Waals surface area contributed by atoms with Crippen molar-refractivity contribution in [3.05, 3.63) is 35.9 Å². The van der Waals surface area contributed by atoms with Crippen LogP contribution in [0.15, 0.2) is 30.3 Å². The Morgan fingerprint density at radius 3 is 2.62 bits per heavy atom. The minimum atomic E-state index is -0.758. The molecule has 0 bridgehead atoms. The van der Waals surface area contributed by atoms with E-state index in [2.05, 4.69) is 5.32 Å². The monoisotopic (exact) mass is 285 g/mol. The number of benzene rings is 1. The molecule has 1 N–H and O–H groups in total. The van der Waals surface area contributed by atoms with E-state index in [-0.39, 0.29) is 24.4 Å². The smallest absolute Gasteiger partial charge is 0.240 e. The summed E-state index contributed by atoms with van der Waals surface area (Å²) >= 11 is 0. The number of likely N-dealkylation sites (N-methyl/N-ethyl adjacent to an activating group) is 1. The maximum Gasteiger partial charge on any atom is 0.240 e. The number of nitrogens with one attached hydrogen (secondary N) is 1. The molecule has 0 saturated heterocycles. The molecule has 1 aliphatic rings. The molecule has 1 aliphatic carbocycles. The zero-order valence-electron chi connectivity index (χ0n) is 12.1. The zero-order chi connectivity index (χ0) is 15.2. The number of hydrogen-bond acceptors (Lipinski definition) is 3. The van der Waals surface area contributed by atoms with Crippen LogP contribution in [-0.4, -0.2) is 36.3 Å². The van der Waals surface area contributed by atoms with E-state index < -0.39 is 5.92 Å². The Hall–Kier alpha value is -2.35. The van der Waals surface area contributed by atoms with E-state index in [4.69, 9.17) is 0 Å². The standard InChI is InChI=1S/C16H19N3O2/c1-19(11-15(20)18-14-7-8-14)16(21)13(10-17)9-12-5-3-2-4-6-12/h2-6,13-14H,7-9,11H2,1H3,(H,18,20). The van der Waals surface area contributed by atoms with Gasteiger partial charge in [-0.15, -0.1) is 0 Å². The summed E-state index contributed by atoms with van der Waals surface area (Å²) in [5.41, 5.74) is 0.938. The number of amides is 2. The van der Waals surface area contributed by atoms with Crippen molar-refractivity contribution in [2.24, 2.45) is 5.92 Å². The normalized spacial score (nSPS) is 14.9. The minimum absolute atomic E-state index is 0.00228. The number of rotatable bonds is 6. The van der Waals surface area contributed by atoms with Crippen molar-refractivity contribution in [2.45, 2.75) is 25.3 Å². The Balaban J connectivity index is 1.89. The number of nitriles is 1. The lowest BCUT2D eigenvalue weighted by atomic mass is 9.99. The molecule has 1 atom stereocenters. The fraction of sp³-hybridized carbons (Fsp3) is 0.438. The van der Waals surface area contributed by atoms with Gasteiger partial charge in [-0.3, -0.25) is 9.59 Å². The van der Waals surface area contributed by atoms with Crippen molar-refractivity contribution in [1.29, 1.82) is 5.26 Å². The van der Waals surface area contributed by atoms with Crippen molar-refractivity contribution < 1.29 is 9.59 Å². The van der Waals surface area contributed by atoms with Crippen LogP contribution in [0, 0.1) is 17.2 Å². The third kappa shape index (κ3) is 4.60. The Kier molecular flexibility index (Phi) is 4.94. The molecule has 5 nitrogen and oxygen atoms in total. The lowest BCUT2D eigenvalue weighted by Crippen LogP contribution is -2.41. The predicted octanol–water partition coefficient (Wildman–Crippen LogP) is 1.11. The van der Waals surface area contributed by atoms with E-state index in [9.17, 15) is 14.9 Å². The van der Waals surface area contributed by atoms with Gasteiger partial charge in [0.2, 0.25) is 11.8 Å². The van der Waals surface area contributed by atoms with Crippen molar-refractivity contribution in [2.75, 3.05) is 13.6 Å². The van der Waals surface area contributed by atoms with Crippen LogP contribution in [0.5, 0.6) is 0 Å². The van der Waals surface area contributed by atoms with Crippen molar-refractivity contribution >= 4 is 11.8 Å². The van der Waals surface area contributed by atoms with Crippen LogP contribution in [0.1, 0.15) is 18.4 Å². The first-order valence-corrected chi connectivity index (χ1v) is 7.08. The molecule has 21 heavy (non-hydrogen) atoms. The molecule has 0 heterocycles. The summed E-state index contributed by atoms with van der Waals surface area (Å²) in [4.78, 5) is 25.3. The minimum Gasteiger partial charge on any atom is -0.352 e. The molecule has 1 fully saturated rings. The highest BCUT2D eigenvalue weighted by molar-refractivity contribution is 5.87. The molecule has 1 unspecified atom stereocenters. The second-order valence-electron chi connectivity index (χ2n) is 5.41. The molecular formula is C16H19N3O2. The average Bonchev–Trinajstić information content (AvgIpc) is 3.28. The van der Waals surface area contributed by atoms with Gasteiger partial charge in [-0.05, 0) is 24.8 Å². The molecule has 5 heteroatoms. The van der Waals surface area contributed by atoms with Crippen molar-refractivity contribution in [3.8, 4) is 6.07 Å². The molecule has 1 aromatic rings. The van der Waals surface area contributed by atoms with E-state index in [1.165, 1.54) is 4.90 Å². The van der Waals surface area contributed by atoms with E-state index in [1.54, 1.807) is 7.05 Å². The molecule has 0 radical (unpaired) electrons. The van der Waals surface area contributed by atoms with E-state index >= 15 is 0 Å². The Morgan fingerprint density at radius 1 is 1.38 bits per heavy atom. The first kappa shape index (κ1) is 15.0. The molecule has 0 aromatic heterocycles. The second kappa shape index (κ2) is 6.89. The lowest BCUT2D eigenvalue weighted by Gasteiger charge is -2.19. The van der Waals surface area contributed by atoms with Gasteiger partial charge in [0.25, 0.3) is 0 Å². The average molecular weight is 285 g/mol.